The van der Waals surface area contributed by atoms with Crippen molar-refractivity contribution in [1.29, 1.82) is 0 Å². The third-order valence-corrected chi connectivity index (χ3v) is 13.4. The summed E-state index contributed by atoms with van der Waals surface area (Å²) in [6.07, 6.45) is 1.81. The highest BCUT2D eigenvalue weighted by atomic mass is 16.6. The highest BCUT2D eigenvalue weighted by Crippen LogP contribution is 2.80. The molecule has 6 aliphatic rings. The van der Waals surface area contributed by atoms with Crippen LogP contribution in [0.4, 0.5) is 0 Å². The van der Waals surface area contributed by atoms with Crippen molar-refractivity contribution in [3.63, 3.8) is 0 Å². The quantitative estimate of drug-likeness (QED) is 0.275. The molecule has 46 heavy (non-hydrogen) atoms. The molecule has 0 unspecified atom stereocenters. The molecule has 252 valence electrons. The third kappa shape index (κ3) is 3.71. The number of esters is 3. The molecule has 11 nitrogen and oxygen atoms in total. The summed E-state index contributed by atoms with van der Waals surface area (Å²) in [5, 5.41) is 25.7. The van der Waals surface area contributed by atoms with Crippen molar-refractivity contribution in [1.82, 2.24) is 0 Å². The first kappa shape index (κ1) is 31.8. The van der Waals surface area contributed by atoms with Crippen LogP contribution in [-0.2, 0) is 38.1 Å². The van der Waals surface area contributed by atoms with Crippen LogP contribution in [0.25, 0.3) is 0 Å². The Morgan fingerprint density at radius 1 is 0.978 bits per heavy atom. The number of allylic oxidation sites excluding steroid dienone is 1. The topological polar surface area (TPSA) is 151 Å². The average molecular weight is 643 g/mol. The largest absolute Gasteiger partial charge is 0.472 e. The van der Waals surface area contributed by atoms with Crippen molar-refractivity contribution in [3.05, 3.63) is 35.8 Å². The molecule has 0 radical (unpaired) electrons. The maximum atomic E-state index is 13.4. The van der Waals surface area contributed by atoms with Crippen molar-refractivity contribution in [2.75, 3.05) is 6.61 Å². The minimum atomic E-state index is -1.63. The number of furan rings is 1. The Kier molecular flexibility index (Phi) is 7.02. The number of rotatable bonds is 5. The SMILES string of the molecule is C/C=C(\C)C(=O)O[C@H]1C[C@@H](c2ccoc2)[C@](C)(O)[C@]12O[C@H]1C[C@@H]3[C@@]4(C)[C@@H](OC(C)=O)C[C@@H](OC(C)=O)[C@@]5(C)CO[C@@H]([C@@H](O)[C@]32C1)[C@@H]54. The van der Waals surface area contributed by atoms with Gasteiger partial charge in [0.05, 0.1) is 37.4 Å². The number of ether oxygens (including phenoxy) is 5. The maximum absolute atomic E-state index is 13.4. The smallest absolute Gasteiger partial charge is 0.333 e. The normalized spacial score (nSPS) is 50.3. The molecule has 6 fully saturated rings. The van der Waals surface area contributed by atoms with Crippen LogP contribution in [0.3, 0.4) is 0 Å². The molecule has 2 bridgehead atoms. The average Bonchev–Trinajstić information content (AvgIpc) is 3.80. The minimum Gasteiger partial charge on any atom is -0.472 e. The zero-order chi connectivity index (χ0) is 33.2. The second kappa shape index (κ2) is 10.1. The molecule has 0 amide bonds. The number of hydrogen-bond acceptors (Lipinski definition) is 11. The lowest BCUT2D eigenvalue weighted by molar-refractivity contribution is -0.337. The predicted molar refractivity (Wildman–Crippen MR) is 160 cm³/mol. The molecule has 4 saturated carbocycles. The molecule has 2 N–H and O–H groups in total. The van der Waals surface area contributed by atoms with Crippen LogP contribution >= 0.6 is 0 Å². The highest BCUT2D eigenvalue weighted by molar-refractivity contribution is 5.87. The first-order valence-corrected chi connectivity index (χ1v) is 16.5. The molecule has 1 aromatic heterocycles. The van der Waals surface area contributed by atoms with Crippen molar-refractivity contribution in [2.45, 2.75) is 128 Å². The van der Waals surface area contributed by atoms with Gasteiger partial charge >= 0.3 is 17.9 Å². The predicted octanol–water partition coefficient (Wildman–Crippen LogP) is 3.60. The molecule has 2 saturated heterocycles. The fourth-order valence-electron chi connectivity index (χ4n) is 11.7. The van der Waals surface area contributed by atoms with E-state index in [1.807, 2.05) is 6.92 Å². The van der Waals surface area contributed by atoms with Gasteiger partial charge in [0.25, 0.3) is 0 Å². The summed E-state index contributed by atoms with van der Waals surface area (Å²) >= 11 is 0. The summed E-state index contributed by atoms with van der Waals surface area (Å²) in [6, 6.07) is 1.80. The van der Waals surface area contributed by atoms with Crippen LogP contribution in [0.5, 0.6) is 0 Å². The fraction of sp³-hybridized carbons (Fsp3) is 0.743. The van der Waals surface area contributed by atoms with Crippen molar-refractivity contribution in [3.8, 4) is 0 Å². The van der Waals surface area contributed by atoms with Gasteiger partial charge in [-0.15, -0.1) is 0 Å². The van der Waals surface area contributed by atoms with Crippen LogP contribution in [0.1, 0.15) is 85.6 Å². The number of hydrogen-bond donors (Lipinski definition) is 2. The number of carbonyl (C=O) groups is 3. The van der Waals surface area contributed by atoms with Crippen LogP contribution in [0, 0.1) is 28.1 Å². The molecular weight excluding hydrogens is 596 g/mol. The summed E-state index contributed by atoms with van der Waals surface area (Å²) in [5.41, 5.74) is -4.61. The molecule has 1 aromatic rings. The Morgan fingerprint density at radius 2 is 1.67 bits per heavy atom. The standard InChI is InChI=1S/C35H46O11/c1-8-17(2)30(39)45-26-12-22(20-9-10-41-15-20)33(7,40)35(26)34-14-21(46-35)11-23(34)32(6)25(44-19(4)37)13-24(43-18(3)36)31(5)16-42-27(28(31)32)29(34)38/h8-10,15,21-29,38,40H,11-14,16H2,1-7H3/b17-8+/t21-,22-,23+,24+,25-,26-,27+,28-,29+,31+,32-,33-,34-,35+/m0/s1. The van der Waals surface area contributed by atoms with Gasteiger partial charge in [0.1, 0.15) is 29.5 Å². The van der Waals surface area contributed by atoms with E-state index in [9.17, 15) is 24.6 Å². The van der Waals surface area contributed by atoms with E-state index in [1.54, 1.807) is 45.4 Å². The summed E-state index contributed by atoms with van der Waals surface area (Å²) in [4.78, 5) is 38.4. The molecule has 14 atom stereocenters. The van der Waals surface area contributed by atoms with Crippen molar-refractivity contribution in [2.24, 2.45) is 28.1 Å². The number of aliphatic hydroxyl groups excluding tert-OH is 1. The summed E-state index contributed by atoms with van der Waals surface area (Å²) in [6.45, 7) is 12.3. The first-order valence-electron chi connectivity index (χ1n) is 16.5. The van der Waals surface area contributed by atoms with Crippen molar-refractivity contribution >= 4 is 17.9 Å². The Bertz CT molecular complexity index is 1470. The molecule has 4 aliphatic carbocycles. The lowest BCUT2D eigenvalue weighted by Gasteiger charge is -2.69. The maximum Gasteiger partial charge on any atom is 0.333 e. The van der Waals surface area contributed by atoms with Gasteiger partial charge in [-0.2, -0.15) is 0 Å². The number of carbonyl (C=O) groups excluding carboxylic acids is 3. The molecule has 2 aliphatic heterocycles. The molecule has 0 aromatic carbocycles. The van der Waals surface area contributed by atoms with Gasteiger partial charge in [-0.1, -0.05) is 19.9 Å². The summed E-state index contributed by atoms with van der Waals surface area (Å²) in [5.74, 6) is -2.64. The van der Waals surface area contributed by atoms with E-state index in [2.05, 4.69) is 6.92 Å². The van der Waals surface area contributed by atoms with Crippen LogP contribution in [-0.4, -0.2) is 82.6 Å². The molecule has 3 heterocycles. The third-order valence-electron chi connectivity index (χ3n) is 13.4. The number of aliphatic hydroxyl groups is 2. The van der Waals surface area contributed by atoms with E-state index in [0.717, 1.165) is 5.56 Å². The molecule has 7 rings (SSSR count). The monoisotopic (exact) mass is 642 g/mol. The van der Waals surface area contributed by atoms with E-state index in [4.69, 9.17) is 28.1 Å². The molecule has 11 heteroatoms. The van der Waals surface area contributed by atoms with Gasteiger partial charge in [0.2, 0.25) is 0 Å². The van der Waals surface area contributed by atoms with Gasteiger partial charge in [-0.3, -0.25) is 9.59 Å². The van der Waals surface area contributed by atoms with Crippen LogP contribution < -0.4 is 0 Å². The second-order valence-corrected chi connectivity index (χ2v) is 15.4. The lowest BCUT2D eigenvalue weighted by atomic mass is 9.38. The Hall–Kier alpha value is -2.73. The second-order valence-electron chi connectivity index (χ2n) is 15.4. The van der Waals surface area contributed by atoms with E-state index < -0.39 is 81.8 Å². The Balaban J connectivity index is 1.43. The number of fused-ring (bicyclic) bond motifs is 2. The van der Waals surface area contributed by atoms with Crippen LogP contribution in [0.2, 0.25) is 0 Å². The Morgan fingerprint density at radius 3 is 2.30 bits per heavy atom. The summed E-state index contributed by atoms with van der Waals surface area (Å²) in [7, 11) is 0. The fourth-order valence-corrected chi connectivity index (χ4v) is 11.7. The zero-order valence-electron chi connectivity index (χ0n) is 27.6. The highest BCUT2D eigenvalue weighted by Gasteiger charge is 2.89. The van der Waals surface area contributed by atoms with Crippen LogP contribution in [0.15, 0.2) is 34.7 Å². The molecular formula is C35H46O11. The van der Waals surface area contributed by atoms with E-state index in [0.29, 0.717) is 18.4 Å². The summed E-state index contributed by atoms with van der Waals surface area (Å²) < 4.78 is 37.3. The first-order chi connectivity index (χ1) is 21.6. The van der Waals surface area contributed by atoms with E-state index >= 15 is 0 Å². The van der Waals surface area contributed by atoms with Gasteiger partial charge in [0, 0.05) is 53.9 Å². The Labute approximate surface area is 268 Å². The molecule has 2 spiro atoms. The van der Waals surface area contributed by atoms with Gasteiger partial charge < -0.3 is 38.3 Å². The van der Waals surface area contributed by atoms with E-state index in [-0.39, 0.29) is 37.4 Å². The van der Waals surface area contributed by atoms with Gasteiger partial charge in [0.15, 0.2) is 0 Å². The van der Waals surface area contributed by atoms with Gasteiger partial charge in [-0.25, -0.2) is 4.79 Å². The van der Waals surface area contributed by atoms with Crippen molar-refractivity contribution < 1.29 is 52.7 Å². The zero-order valence-corrected chi connectivity index (χ0v) is 27.6. The minimum absolute atomic E-state index is 0.229. The lowest BCUT2D eigenvalue weighted by Crippen LogP contribution is -2.79. The van der Waals surface area contributed by atoms with Gasteiger partial charge in [-0.05, 0) is 57.6 Å². The van der Waals surface area contributed by atoms with E-state index in [1.165, 1.54) is 13.8 Å².